The first-order valence-corrected chi connectivity index (χ1v) is 14.6. The van der Waals surface area contributed by atoms with Gasteiger partial charge in [0.1, 0.15) is 23.2 Å². The van der Waals surface area contributed by atoms with Gasteiger partial charge >= 0.3 is 0 Å². The van der Waals surface area contributed by atoms with E-state index in [1.165, 1.54) is 17.0 Å². The first-order valence-electron chi connectivity index (χ1n) is 11.9. The molecule has 0 fully saturated rings. The number of para-hydroxylation sites is 1. The highest BCUT2D eigenvalue weighted by atomic mass is 127. The van der Waals surface area contributed by atoms with Crippen LogP contribution in [0.2, 0.25) is 0 Å². The van der Waals surface area contributed by atoms with Crippen molar-refractivity contribution in [3.05, 3.63) is 108 Å². The summed E-state index contributed by atoms with van der Waals surface area (Å²) in [5.74, 6) is 0.338. The van der Waals surface area contributed by atoms with Crippen LogP contribution >= 0.6 is 49.9 Å². The van der Waals surface area contributed by atoms with E-state index in [4.69, 9.17) is 9.73 Å². The zero-order valence-corrected chi connectivity index (χ0v) is 24.3. The Bertz CT molecular complexity index is 1430. The van der Waals surface area contributed by atoms with Crippen LogP contribution in [0.5, 0.6) is 5.75 Å². The van der Waals surface area contributed by atoms with Crippen LogP contribution < -0.4 is 10.1 Å². The first kappa shape index (κ1) is 26.1. The molecule has 0 saturated heterocycles. The highest BCUT2D eigenvalue weighted by Crippen LogP contribution is 2.40. The molecule has 1 N–H and O–H groups in total. The van der Waals surface area contributed by atoms with Gasteiger partial charge in [-0.2, -0.15) is 0 Å². The lowest BCUT2D eigenvalue weighted by Gasteiger charge is -2.13. The number of amides is 1. The monoisotopic (exact) mass is 688 g/mol. The predicted molar refractivity (Wildman–Crippen MR) is 160 cm³/mol. The van der Waals surface area contributed by atoms with Crippen molar-refractivity contribution in [2.45, 2.75) is 32.3 Å². The normalized spacial score (nSPS) is 12.9. The fraction of sp³-hybridized carbons (Fsp3) is 0.172. The third-order valence-corrected chi connectivity index (χ3v) is 8.65. The van der Waals surface area contributed by atoms with Gasteiger partial charge in [-0.05, 0) is 117 Å². The molecule has 37 heavy (non-hydrogen) atoms. The van der Waals surface area contributed by atoms with Gasteiger partial charge in [0.25, 0.3) is 5.91 Å². The predicted octanol–water partition coefficient (Wildman–Crippen LogP) is 8.72. The number of nitrogens with zero attached hydrogens (tertiary/aromatic N) is 1. The Balaban J connectivity index is 1.38. The maximum atomic E-state index is 13.3. The van der Waals surface area contributed by atoms with Crippen LogP contribution in [0.25, 0.3) is 0 Å². The van der Waals surface area contributed by atoms with Crippen LogP contribution in [0.1, 0.15) is 44.8 Å². The first-order chi connectivity index (χ1) is 18.0. The second kappa shape index (κ2) is 11.9. The molecule has 0 unspecified atom stereocenters. The van der Waals surface area contributed by atoms with Gasteiger partial charge in [-0.3, -0.25) is 4.79 Å². The molecule has 1 aromatic heterocycles. The summed E-state index contributed by atoms with van der Waals surface area (Å²) in [4.78, 5) is 19.4. The zero-order valence-electron chi connectivity index (χ0n) is 19.8. The summed E-state index contributed by atoms with van der Waals surface area (Å²) >= 11 is 7.47. The summed E-state index contributed by atoms with van der Waals surface area (Å²) in [5.41, 5.74) is 4.38. The van der Waals surface area contributed by atoms with Crippen molar-refractivity contribution in [1.82, 2.24) is 0 Å². The van der Waals surface area contributed by atoms with Crippen molar-refractivity contribution < 1.29 is 13.9 Å². The van der Waals surface area contributed by atoms with Crippen molar-refractivity contribution in [2.75, 3.05) is 5.32 Å². The Labute approximate surface area is 241 Å². The van der Waals surface area contributed by atoms with Crippen LogP contribution in [-0.2, 0) is 19.4 Å². The van der Waals surface area contributed by atoms with E-state index in [1.807, 2.05) is 42.5 Å². The molecule has 1 heterocycles. The molecule has 0 aliphatic heterocycles. The van der Waals surface area contributed by atoms with Crippen molar-refractivity contribution in [1.29, 1.82) is 0 Å². The molecule has 0 radical (unpaired) electrons. The van der Waals surface area contributed by atoms with Crippen LogP contribution in [-0.4, -0.2) is 12.1 Å². The van der Waals surface area contributed by atoms with Gasteiger partial charge in [0.05, 0.1) is 13.6 Å². The molecule has 188 valence electrons. The fourth-order valence-electron chi connectivity index (χ4n) is 4.25. The Morgan fingerprint density at radius 1 is 1.11 bits per heavy atom. The van der Waals surface area contributed by atoms with Crippen molar-refractivity contribution >= 4 is 72.7 Å². The maximum absolute atomic E-state index is 13.3. The molecular formula is C29H23BrFIN2O2S. The second-order valence-electron chi connectivity index (χ2n) is 8.70. The average molecular weight is 689 g/mol. The van der Waals surface area contributed by atoms with Crippen LogP contribution in [0.4, 0.5) is 15.1 Å². The van der Waals surface area contributed by atoms with Crippen molar-refractivity contribution in [3.8, 4) is 5.75 Å². The van der Waals surface area contributed by atoms with E-state index in [9.17, 15) is 9.18 Å². The lowest BCUT2D eigenvalue weighted by Crippen LogP contribution is -2.14. The summed E-state index contributed by atoms with van der Waals surface area (Å²) in [6.07, 6.45) is 5.92. The molecule has 0 atom stereocenters. The minimum absolute atomic E-state index is 0.113. The number of fused-ring (bicyclic) bond motifs is 1. The van der Waals surface area contributed by atoms with Crippen molar-refractivity contribution in [2.24, 2.45) is 4.99 Å². The lowest BCUT2D eigenvalue weighted by atomic mass is 9.95. The Morgan fingerprint density at radius 2 is 1.86 bits per heavy atom. The quantitative estimate of drug-likeness (QED) is 0.156. The van der Waals surface area contributed by atoms with Gasteiger partial charge in [-0.1, -0.05) is 30.3 Å². The molecule has 4 aromatic rings. The van der Waals surface area contributed by atoms with E-state index in [0.29, 0.717) is 12.2 Å². The Kier molecular flexibility index (Phi) is 8.36. The number of halogens is 3. The molecule has 1 aliphatic carbocycles. The standard InChI is InChI=1S/C29H23BrFIN2O2S/c30-23-14-19(15-24(32)27(23)36-17-18-10-12-20(31)13-11-18)16-33-29-26(22-8-4-5-9-25(22)37-29)28(35)34-21-6-2-1-3-7-21/h1-3,6-7,10-16H,4-5,8-9,17H2,(H,34,35). The minimum atomic E-state index is -0.268. The van der Waals surface area contributed by atoms with E-state index in [1.54, 1.807) is 29.7 Å². The van der Waals surface area contributed by atoms with E-state index in [-0.39, 0.29) is 11.7 Å². The largest absolute Gasteiger partial charge is 0.487 e. The van der Waals surface area contributed by atoms with Crippen LogP contribution in [0, 0.1) is 9.39 Å². The minimum Gasteiger partial charge on any atom is -0.487 e. The number of benzene rings is 3. The van der Waals surface area contributed by atoms with Gasteiger partial charge in [0, 0.05) is 16.8 Å². The van der Waals surface area contributed by atoms with Gasteiger partial charge < -0.3 is 10.1 Å². The van der Waals surface area contributed by atoms with Crippen LogP contribution in [0.15, 0.2) is 76.2 Å². The number of nitrogens with one attached hydrogen (secondary N) is 1. The van der Waals surface area contributed by atoms with Gasteiger partial charge in [0.2, 0.25) is 0 Å². The van der Waals surface area contributed by atoms with E-state index < -0.39 is 0 Å². The van der Waals surface area contributed by atoms with Gasteiger partial charge in [0.15, 0.2) is 0 Å². The van der Waals surface area contributed by atoms with E-state index in [0.717, 1.165) is 66.9 Å². The number of rotatable bonds is 7. The van der Waals surface area contributed by atoms with E-state index in [2.05, 4.69) is 43.8 Å². The summed E-state index contributed by atoms with van der Waals surface area (Å²) < 4.78 is 20.9. The molecule has 0 saturated carbocycles. The van der Waals surface area contributed by atoms with E-state index >= 15 is 0 Å². The summed E-state index contributed by atoms with van der Waals surface area (Å²) in [5, 5.41) is 3.78. The number of aliphatic imine (C=N–C) groups is 1. The Hall–Kier alpha value is -2.56. The Morgan fingerprint density at radius 3 is 2.62 bits per heavy atom. The molecule has 0 bridgehead atoms. The number of hydrogen-bond acceptors (Lipinski definition) is 4. The molecule has 1 aliphatic rings. The zero-order chi connectivity index (χ0) is 25.8. The molecular weight excluding hydrogens is 666 g/mol. The molecule has 5 rings (SSSR count). The highest BCUT2D eigenvalue weighted by Gasteiger charge is 2.25. The van der Waals surface area contributed by atoms with Gasteiger partial charge in [-0.25, -0.2) is 9.38 Å². The molecule has 4 nitrogen and oxygen atoms in total. The smallest absolute Gasteiger partial charge is 0.259 e. The number of hydrogen-bond donors (Lipinski definition) is 1. The third kappa shape index (κ3) is 6.30. The summed E-state index contributed by atoms with van der Waals surface area (Å²) in [6.45, 7) is 0.336. The molecule has 0 spiro atoms. The summed E-state index contributed by atoms with van der Waals surface area (Å²) in [7, 11) is 0. The van der Waals surface area contributed by atoms with Gasteiger partial charge in [-0.15, -0.1) is 11.3 Å². The topological polar surface area (TPSA) is 50.7 Å². The lowest BCUT2D eigenvalue weighted by molar-refractivity contribution is 0.102. The maximum Gasteiger partial charge on any atom is 0.259 e. The van der Waals surface area contributed by atoms with Crippen LogP contribution in [0.3, 0.4) is 0 Å². The fourth-order valence-corrected chi connectivity index (χ4v) is 7.25. The van der Waals surface area contributed by atoms with Crippen molar-refractivity contribution in [3.63, 3.8) is 0 Å². The number of aryl methyl sites for hydroxylation is 1. The number of ether oxygens (including phenoxy) is 1. The highest BCUT2D eigenvalue weighted by molar-refractivity contribution is 14.1. The number of carbonyl (C=O) groups excluding carboxylic acids is 1. The average Bonchev–Trinajstić information content (AvgIpc) is 3.27. The second-order valence-corrected chi connectivity index (χ2v) is 11.8. The molecule has 8 heteroatoms. The molecule has 3 aromatic carbocycles. The summed E-state index contributed by atoms with van der Waals surface area (Å²) in [6, 6.07) is 19.7. The number of anilines is 1. The number of thiophene rings is 1. The SMILES string of the molecule is O=C(Nc1ccccc1)c1c(N=Cc2cc(Br)c(OCc3ccc(F)cc3)c(I)c2)sc2c1CCCC2. The third-order valence-electron chi connectivity index (χ3n) is 6.06. The number of carbonyl (C=O) groups is 1. The molecule has 1 amide bonds.